The number of aliphatic hydroxyl groups is 1. The molecule has 3 nitrogen and oxygen atoms in total. The van der Waals surface area contributed by atoms with Crippen molar-refractivity contribution in [2.45, 2.75) is 32.0 Å². The number of ether oxygens (including phenoxy) is 2. The fraction of sp³-hybridized carbons (Fsp3) is 0.538. The van der Waals surface area contributed by atoms with Gasteiger partial charge in [0, 0.05) is 6.61 Å². The minimum Gasteiger partial charge on any atom is -0.491 e. The summed E-state index contributed by atoms with van der Waals surface area (Å²) in [5.41, 5.74) is 0.907. The van der Waals surface area contributed by atoms with Crippen molar-refractivity contribution < 1.29 is 14.6 Å². The predicted molar refractivity (Wildman–Crippen MR) is 61.5 cm³/mol. The van der Waals surface area contributed by atoms with Gasteiger partial charge < -0.3 is 14.6 Å². The lowest BCUT2D eigenvalue weighted by atomic mass is 10.1. The summed E-state index contributed by atoms with van der Waals surface area (Å²) in [5.74, 6) is 0.833. The molecule has 1 fully saturated rings. The van der Waals surface area contributed by atoms with Gasteiger partial charge in [-0.1, -0.05) is 12.1 Å². The highest BCUT2D eigenvalue weighted by molar-refractivity contribution is 5.28. The van der Waals surface area contributed by atoms with E-state index in [2.05, 4.69) is 0 Å². The minimum atomic E-state index is -0.424. The maximum atomic E-state index is 9.36. The van der Waals surface area contributed by atoms with Gasteiger partial charge in [0.1, 0.15) is 12.4 Å². The lowest BCUT2D eigenvalue weighted by molar-refractivity contribution is 0.0679. The summed E-state index contributed by atoms with van der Waals surface area (Å²) < 4.78 is 11.1. The van der Waals surface area contributed by atoms with Crippen molar-refractivity contribution >= 4 is 0 Å². The Labute approximate surface area is 96.0 Å². The molecular weight excluding hydrogens is 204 g/mol. The molecule has 0 aliphatic carbocycles. The molecule has 2 rings (SSSR count). The SMILES string of the molecule is CC(O)c1ccc(OCC2CCCO2)cc1. The molecule has 0 radical (unpaired) electrons. The van der Waals surface area contributed by atoms with Crippen LogP contribution >= 0.6 is 0 Å². The Morgan fingerprint density at radius 3 is 2.75 bits per heavy atom. The first-order chi connectivity index (χ1) is 7.75. The second kappa shape index (κ2) is 5.32. The Morgan fingerprint density at radius 1 is 1.44 bits per heavy atom. The number of aliphatic hydroxyl groups excluding tert-OH is 1. The van der Waals surface area contributed by atoms with Gasteiger partial charge in [-0.3, -0.25) is 0 Å². The van der Waals surface area contributed by atoms with Gasteiger partial charge in [-0.2, -0.15) is 0 Å². The third kappa shape index (κ3) is 2.97. The summed E-state index contributed by atoms with van der Waals surface area (Å²) in [6, 6.07) is 7.54. The third-order valence-corrected chi connectivity index (χ3v) is 2.82. The largest absolute Gasteiger partial charge is 0.491 e. The van der Waals surface area contributed by atoms with Crippen molar-refractivity contribution in [1.29, 1.82) is 0 Å². The molecule has 1 aromatic rings. The fourth-order valence-electron chi connectivity index (χ4n) is 1.81. The second-order valence-electron chi connectivity index (χ2n) is 4.19. The Bertz CT molecular complexity index is 312. The van der Waals surface area contributed by atoms with Crippen LogP contribution < -0.4 is 4.74 Å². The van der Waals surface area contributed by atoms with Crippen LogP contribution in [0.2, 0.25) is 0 Å². The summed E-state index contributed by atoms with van der Waals surface area (Å²) in [6.07, 6.45) is 2.05. The quantitative estimate of drug-likeness (QED) is 0.849. The standard InChI is InChI=1S/C13H18O3/c1-10(14)11-4-6-12(7-5-11)16-9-13-3-2-8-15-13/h4-7,10,13-14H,2-3,8-9H2,1H3. The van der Waals surface area contributed by atoms with Gasteiger partial charge in [-0.25, -0.2) is 0 Å². The molecule has 16 heavy (non-hydrogen) atoms. The molecule has 0 spiro atoms. The molecule has 0 saturated carbocycles. The van der Waals surface area contributed by atoms with E-state index >= 15 is 0 Å². The van der Waals surface area contributed by atoms with Crippen molar-refractivity contribution in [3.05, 3.63) is 29.8 Å². The normalized spacial score (nSPS) is 22.0. The smallest absolute Gasteiger partial charge is 0.119 e. The van der Waals surface area contributed by atoms with Crippen molar-refractivity contribution in [2.75, 3.05) is 13.2 Å². The zero-order valence-corrected chi connectivity index (χ0v) is 9.56. The second-order valence-corrected chi connectivity index (χ2v) is 4.19. The maximum absolute atomic E-state index is 9.36. The van der Waals surface area contributed by atoms with Gasteiger partial charge in [0.25, 0.3) is 0 Å². The van der Waals surface area contributed by atoms with Crippen LogP contribution in [0.4, 0.5) is 0 Å². The summed E-state index contributed by atoms with van der Waals surface area (Å²) in [5, 5.41) is 9.36. The van der Waals surface area contributed by atoms with Crippen LogP contribution in [-0.4, -0.2) is 24.4 Å². The van der Waals surface area contributed by atoms with Crippen LogP contribution in [0, 0.1) is 0 Å². The molecule has 1 saturated heterocycles. The van der Waals surface area contributed by atoms with Crippen LogP contribution in [0.15, 0.2) is 24.3 Å². The minimum absolute atomic E-state index is 0.247. The summed E-state index contributed by atoms with van der Waals surface area (Å²) in [7, 11) is 0. The molecule has 1 aliphatic rings. The van der Waals surface area contributed by atoms with Crippen molar-refractivity contribution in [1.82, 2.24) is 0 Å². The molecule has 0 aromatic heterocycles. The van der Waals surface area contributed by atoms with E-state index in [1.165, 1.54) is 0 Å². The first-order valence-corrected chi connectivity index (χ1v) is 5.78. The maximum Gasteiger partial charge on any atom is 0.119 e. The zero-order valence-electron chi connectivity index (χ0n) is 9.56. The van der Waals surface area contributed by atoms with E-state index in [1.807, 2.05) is 24.3 Å². The lowest BCUT2D eigenvalue weighted by Gasteiger charge is -2.12. The van der Waals surface area contributed by atoms with Crippen LogP contribution in [0.3, 0.4) is 0 Å². The molecule has 1 aliphatic heterocycles. The number of hydrogen-bond acceptors (Lipinski definition) is 3. The van der Waals surface area contributed by atoms with Crippen LogP contribution in [-0.2, 0) is 4.74 Å². The van der Waals surface area contributed by atoms with Gasteiger partial charge in [-0.05, 0) is 37.5 Å². The van der Waals surface area contributed by atoms with Gasteiger partial charge in [0.15, 0.2) is 0 Å². The summed E-state index contributed by atoms with van der Waals surface area (Å²) in [4.78, 5) is 0. The van der Waals surface area contributed by atoms with E-state index in [9.17, 15) is 5.11 Å². The first-order valence-electron chi connectivity index (χ1n) is 5.78. The Balaban J connectivity index is 1.84. The monoisotopic (exact) mass is 222 g/mol. The molecule has 88 valence electrons. The third-order valence-electron chi connectivity index (χ3n) is 2.82. The highest BCUT2D eigenvalue weighted by Gasteiger charge is 2.15. The van der Waals surface area contributed by atoms with E-state index in [1.54, 1.807) is 6.92 Å². The molecule has 0 bridgehead atoms. The van der Waals surface area contributed by atoms with Crippen molar-refractivity contribution in [3.63, 3.8) is 0 Å². The van der Waals surface area contributed by atoms with Crippen LogP contribution in [0.1, 0.15) is 31.4 Å². The Morgan fingerprint density at radius 2 is 2.19 bits per heavy atom. The highest BCUT2D eigenvalue weighted by atomic mass is 16.5. The van der Waals surface area contributed by atoms with E-state index in [0.717, 1.165) is 30.8 Å². The predicted octanol–water partition coefficient (Wildman–Crippen LogP) is 2.30. The average molecular weight is 222 g/mol. The lowest BCUT2D eigenvalue weighted by Crippen LogP contribution is -2.16. The number of hydrogen-bond donors (Lipinski definition) is 1. The highest BCUT2D eigenvalue weighted by Crippen LogP contribution is 2.19. The number of benzene rings is 1. The molecule has 0 amide bonds. The van der Waals surface area contributed by atoms with Crippen molar-refractivity contribution in [2.24, 2.45) is 0 Å². The van der Waals surface area contributed by atoms with Crippen LogP contribution in [0.25, 0.3) is 0 Å². The molecule has 2 unspecified atom stereocenters. The summed E-state index contributed by atoms with van der Waals surface area (Å²) >= 11 is 0. The Kier molecular flexibility index (Phi) is 3.80. The number of rotatable bonds is 4. The molecule has 2 atom stereocenters. The van der Waals surface area contributed by atoms with E-state index in [0.29, 0.717) is 6.61 Å². The Hall–Kier alpha value is -1.06. The van der Waals surface area contributed by atoms with Gasteiger partial charge >= 0.3 is 0 Å². The molecule has 1 aromatic carbocycles. The zero-order chi connectivity index (χ0) is 11.4. The fourth-order valence-corrected chi connectivity index (χ4v) is 1.81. The molecular formula is C13H18O3. The average Bonchev–Trinajstić information content (AvgIpc) is 2.80. The van der Waals surface area contributed by atoms with Crippen LogP contribution in [0.5, 0.6) is 5.75 Å². The van der Waals surface area contributed by atoms with E-state index < -0.39 is 6.10 Å². The molecule has 1 N–H and O–H groups in total. The van der Waals surface area contributed by atoms with E-state index in [4.69, 9.17) is 9.47 Å². The summed E-state index contributed by atoms with van der Waals surface area (Å²) in [6.45, 7) is 3.23. The molecule has 3 heteroatoms. The van der Waals surface area contributed by atoms with Gasteiger partial charge in [0.2, 0.25) is 0 Å². The van der Waals surface area contributed by atoms with Crippen molar-refractivity contribution in [3.8, 4) is 5.75 Å². The van der Waals surface area contributed by atoms with E-state index in [-0.39, 0.29) is 6.10 Å². The first kappa shape index (κ1) is 11.4. The molecule has 1 heterocycles. The van der Waals surface area contributed by atoms with Gasteiger partial charge in [-0.15, -0.1) is 0 Å². The topological polar surface area (TPSA) is 38.7 Å². The van der Waals surface area contributed by atoms with Gasteiger partial charge in [0.05, 0.1) is 12.2 Å².